The molecular formula is C29H33ClN4O. The van der Waals surface area contributed by atoms with Crippen LogP contribution in [0.4, 0.5) is 5.95 Å². The van der Waals surface area contributed by atoms with Gasteiger partial charge >= 0.3 is 0 Å². The van der Waals surface area contributed by atoms with Gasteiger partial charge in [-0.05, 0) is 48.9 Å². The van der Waals surface area contributed by atoms with Gasteiger partial charge in [-0.15, -0.1) is 0 Å². The van der Waals surface area contributed by atoms with Crippen LogP contribution in [0.5, 0.6) is 0 Å². The van der Waals surface area contributed by atoms with Crippen LogP contribution in [0.3, 0.4) is 0 Å². The lowest BCUT2D eigenvalue weighted by Gasteiger charge is -2.32. The molecule has 1 aromatic heterocycles. The molecule has 0 bridgehead atoms. The molecule has 0 spiro atoms. The van der Waals surface area contributed by atoms with Gasteiger partial charge in [0.15, 0.2) is 0 Å². The smallest absolute Gasteiger partial charge is 0.257 e. The molecule has 2 fully saturated rings. The van der Waals surface area contributed by atoms with Crippen molar-refractivity contribution < 1.29 is 4.79 Å². The number of benzene rings is 2. The van der Waals surface area contributed by atoms with E-state index < -0.39 is 0 Å². The van der Waals surface area contributed by atoms with Gasteiger partial charge in [-0.25, -0.2) is 9.97 Å². The fourth-order valence-corrected chi connectivity index (χ4v) is 5.90. The standard InChI is InChI=1S/C29H33ClN4O/c1-34(20-21-9-3-2-4-10-21)27(35)25-19-31-28(32-24-11-5-6-12-24)33-26(25)29(17-7-8-18-29)22-13-15-23(30)16-14-22/h2-4,9-10,13-16,19,24H,5-8,11-12,17-18,20H2,1H3,(H,31,32,33). The Morgan fingerprint density at radius 1 is 1.03 bits per heavy atom. The maximum absolute atomic E-state index is 13.8. The zero-order chi connectivity index (χ0) is 24.3. The third-order valence-electron chi connectivity index (χ3n) is 7.62. The molecule has 0 aliphatic heterocycles. The molecule has 3 aromatic rings. The van der Waals surface area contributed by atoms with E-state index in [4.69, 9.17) is 16.6 Å². The summed E-state index contributed by atoms with van der Waals surface area (Å²) in [4.78, 5) is 25.3. The first-order valence-corrected chi connectivity index (χ1v) is 13.1. The number of carbonyl (C=O) groups excluding carboxylic acids is 1. The molecular weight excluding hydrogens is 456 g/mol. The number of aromatic nitrogens is 2. The van der Waals surface area contributed by atoms with E-state index in [2.05, 4.69) is 22.4 Å². The number of amides is 1. The Bertz CT molecular complexity index is 1150. The lowest BCUT2D eigenvalue weighted by atomic mass is 9.74. The van der Waals surface area contributed by atoms with Crippen LogP contribution < -0.4 is 5.32 Å². The van der Waals surface area contributed by atoms with E-state index in [1.54, 1.807) is 11.1 Å². The van der Waals surface area contributed by atoms with Crippen LogP contribution >= 0.6 is 11.6 Å². The molecule has 0 radical (unpaired) electrons. The maximum Gasteiger partial charge on any atom is 0.257 e. The molecule has 6 heteroatoms. The summed E-state index contributed by atoms with van der Waals surface area (Å²) in [6.45, 7) is 0.537. The molecule has 35 heavy (non-hydrogen) atoms. The Morgan fingerprint density at radius 2 is 1.71 bits per heavy atom. The van der Waals surface area contributed by atoms with E-state index in [-0.39, 0.29) is 11.3 Å². The SMILES string of the molecule is CN(Cc1ccccc1)C(=O)c1cnc(NC2CCCC2)nc1C1(c2ccc(Cl)cc2)CCCC1. The second kappa shape index (κ2) is 10.4. The second-order valence-electron chi connectivity index (χ2n) is 10.0. The molecule has 0 unspecified atom stereocenters. The number of carbonyl (C=O) groups is 1. The van der Waals surface area contributed by atoms with Crippen molar-refractivity contribution in [1.29, 1.82) is 0 Å². The van der Waals surface area contributed by atoms with Crippen molar-refractivity contribution in [3.8, 4) is 0 Å². The highest BCUT2D eigenvalue weighted by atomic mass is 35.5. The van der Waals surface area contributed by atoms with Gasteiger partial charge in [0.05, 0.1) is 11.3 Å². The van der Waals surface area contributed by atoms with Gasteiger partial charge in [0.2, 0.25) is 5.95 Å². The minimum Gasteiger partial charge on any atom is -0.351 e. The first kappa shape index (κ1) is 23.8. The van der Waals surface area contributed by atoms with E-state index in [9.17, 15) is 4.79 Å². The molecule has 0 atom stereocenters. The molecule has 2 aromatic carbocycles. The number of rotatable bonds is 7. The van der Waals surface area contributed by atoms with E-state index in [0.717, 1.165) is 49.8 Å². The van der Waals surface area contributed by atoms with Crippen molar-refractivity contribution >= 4 is 23.5 Å². The fraction of sp³-hybridized carbons (Fsp3) is 0.414. The third-order valence-corrected chi connectivity index (χ3v) is 7.88. The van der Waals surface area contributed by atoms with Crippen LogP contribution in [0.15, 0.2) is 60.8 Å². The molecule has 182 valence electrons. The number of hydrogen-bond acceptors (Lipinski definition) is 4. The normalized spacial score (nSPS) is 17.4. The molecule has 2 saturated carbocycles. The maximum atomic E-state index is 13.8. The third kappa shape index (κ3) is 5.06. The zero-order valence-corrected chi connectivity index (χ0v) is 21.1. The quantitative estimate of drug-likeness (QED) is 0.406. The predicted molar refractivity (Wildman–Crippen MR) is 141 cm³/mol. The van der Waals surface area contributed by atoms with Crippen LogP contribution in [0, 0.1) is 0 Å². The number of halogens is 1. The summed E-state index contributed by atoms with van der Waals surface area (Å²) in [5.41, 5.74) is 3.39. The molecule has 1 N–H and O–H groups in total. The molecule has 5 nitrogen and oxygen atoms in total. The van der Waals surface area contributed by atoms with E-state index in [0.29, 0.717) is 29.1 Å². The van der Waals surface area contributed by atoms with Crippen LogP contribution in [0.1, 0.15) is 78.5 Å². The molecule has 5 rings (SSSR count). The lowest BCUT2D eigenvalue weighted by Crippen LogP contribution is -2.34. The molecule has 2 aliphatic carbocycles. The predicted octanol–water partition coefficient (Wildman–Crippen LogP) is 6.62. The topological polar surface area (TPSA) is 58.1 Å². The molecule has 0 saturated heterocycles. The number of hydrogen-bond donors (Lipinski definition) is 1. The summed E-state index contributed by atoms with van der Waals surface area (Å²) in [5, 5.41) is 4.26. The van der Waals surface area contributed by atoms with Gasteiger partial charge in [0.1, 0.15) is 0 Å². The Labute approximate surface area is 212 Å². The van der Waals surface area contributed by atoms with E-state index in [1.807, 2.05) is 49.5 Å². The Balaban J connectivity index is 1.55. The lowest BCUT2D eigenvalue weighted by molar-refractivity contribution is 0.0781. The van der Waals surface area contributed by atoms with Crippen molar-refractivity contribution in [2.45, 2.75) is 69.4 Å². The summed E-state index contributed by atoms with van der Waals surface area (Å²) >= 11 is 6.23. The van der Waals surface area contributed by atoms with Gasteiger partial charge < -0.3 is 10.2 Å². The first-order valence-electron chi connectivity index (χ1n) is 12.7. The highest BCUT2D eigenvalue weighted by Gasteiger charge is 2.42. The fourth-order valence-electron chi connectivity index (χ4n) is 5.77. The first-order chi connectivity index (χ1) is 17.0. The van der Waals surface area contributed by atoms with Crippen molar-refractivity contribution in [1.82, 2.24) is 14.9 Å². The van der Waals surface area contributed by atoms with Gasteiger partial charge in [0.25, 0.3) is 5.91 Å². The summed E-state index contributed by atoms with van der Waals surface area (Å²) in [6, 6.07) is 18.6. The Kier molecular flexibility index (Phi) is 7.05. The number of anilines is 1. The molecule has 1 amide bonds. The van der Waals surface area contributed by atoms with Crippen LogP contribution in [-0.4, -0.2) is 33.9 Å². The summed E-state index contributed by atoms with van der Waals surface area (Å²) in [7, 11) is 1.85. The average molecular weight is 489 g/mol. The minimum absolute atomic E-state index is 0.0449. The van der Waals surface area contributed by atoms with Crippen molar-refractivity contribution in [3.05, 3.63) is 88.2 Å². The summed E-state index contributed by atoms with van der Waals surface area (Å²) < 4.78 is 0. The van der Waals surface area contributed by atoms with Crippen molar-refractivity contribution in [2.24, 2.45) is 0 Å². The monoisotopic (exact) mass is 488 g/mol. The van der Waals surface area contributed by atoms with E-state index in [1.165, 1.54) is 18.4 Å². The van der Waals surface area contributed by atoms with Crippen LogP contribution in [0.25, 0.3) is 0 Å². The summed E-state index contributed by atoms with van der Waals surface area (Å²) in [5.74, 6) is 0.589. The Hall–Kier alpha value is -2.92. The molecule has 2 aliphatic rings. The molecule has 1 heterocycles. The van der Waals surface area contributed by atoms with Gasteiger partial charge in [-0.1, -0.05) is 79.7 Å². The van der Waals surface area contributed by atoms with Crippen molar-refractivity contribution in [3.63, 3.8) is 0 Å². The van der Waals surface area contributed by atoms with E-state index >= 15 is 0 Å². The van der Waals surface area contributed by atoms with Gasteiger partial charge in [-0.3, -0.25) is 4.79 Å². The largest absolute Gasteiger partial charge is 0.351 e. The second-order valence-corrected chi connectivity index (χ2v) is 10.5. The number of nitrogens with one attached hydrogen (secondary N) is 1. The van der Waals surface area contributed by atoms with Crippen molar-refractivity contribution in [2.75, 3.05) is 12.4 Å². The zero-order valence-electron chi connectivity index (χ0n) is 20.3. The van der Waals surface area contributed by atoms with Gasteiger partial charge in [0, 0.05) is 36.3 Å². The Morgan fingerprint density at radius 3 is 2.40 bits per heavy atom. The highest BCUT2D eigenvalue weighted by molar-refractivity contribution is 6.30. The van der Waals surface area contributed by atoms with Gasteiger partial charge in [-0.2, -0.15) is 0 Å². The van der Waals surface area contributed by atoms with Crippen LogP contribution in [0.2, 0.25) is 5.02 Å². The highest BCUT2D eigenvalue weighted by Crippen LogP contribution is 2.47. The summed E-state index contributed by atoms with van der Waals surface area (Å²) in [6.07, 6.45) is 10.6. The minimum atomic E-state index is -0.321. The van der Waals surface area contributed by atoms with Crippen LogP contribution in [-0.2, 0) is 12.0 Å². The average Bonchev–Trinajstić information content (AvgIpc) is 3.58. The number of nitrogens with zero attached hydrogens (tertiary/aromatic N) is 3.